The molecule has 2 fully saturated rings. The molecule has 2 heterocycles. The van der Waals surface area contributed by atoms with Crippen LogP contribution in [0, 0.1) is 11.8 Å². The first-order chi connectivity index (χ1) is 8.75. The minimum absolute atomic E-state index is 0.516. The molecule has 1 aromatic rings. The van der Waals surface area contributed by atoms with E-state index in [4.69, 9.17) is 0 Å². The van der Waals surface area contributed by atoms with Gasteiger partial charge in [-0.2, -0.15) is 0 Å². The Hall–Kier alpha value is -0.380. The largest absolute Gasteiger partial charge is 0.316 e. The Morgan fingerprint density at radius 3 is 2.89 bits per heavy atom. The minimum Gasteiger partial charge on any atom is -0.316 e. The second kappa shape index (κ2) is 5.32. The molecule has 2 saturated heterocycles. The average molecular weight is 309 g/mol. The Morgan fingerprint density at radius 1 is 1.28 bits per heavy atom. The van der Waals surface area contributed by atoms with Crippen molar-refractivity contribution in [3.05, 3.63) is 34.3 Å². The van der Waals surface area contributed by atoms with Crippen molar-refractivity contribution in [1.29, 1.82) is 0 Å². The van der Waals surface area contributed by atoms with Gasteiger partial charge < -0.3 is 5.32 Å². The molecule has 3 unspecified atom stereocenters. The Morgan fingerprint density at radius 2 is 2.06 bits per heavy atom. The van der Waals surface area contributed by atoms with E-state index in [0.29, 0.717) is 6.04 Å². The summed E-state index contributed by atoms with van der Waals surface area (Å²) in [6, 6.07) is 9.14. The summed E-state index contributed by atoms with van der Waals surface area (Å²) < 4.78 is 1.24. The highest BCUT2D eigenvalue weighted by Gasteiger charge is 2.34. The normalized spacial score (nSPS) is 30.1. The van der Waals surface area contributed by atoms with Gasteiger partial charge in [-0.3, -0.25) is 4.90 Å². The SMILES string of the molecule is CC(c1ccccc1Br)N1CCC2CNCC2C1. The van der Waals surface area contributed by atoms with Crippen molar-refractivity contribution in [3.8, 4) is 0 Å². The van der Waals surface area contributed by atoms with Crippen LogP contribution in [0.15, 0.2) is 28.7 Å². The number of hydrogen-bond acceptors (Lipinski definition) is 2. The highest BCUT2D eigenvalue weighted by atomic mass is 79.9. The second-order valence-corrected chi connectivity index (χ2v) is 6.51. The summed E-state index contributed by atoms with van der Waals surface area (Å²) in [5.41, 5.74) is 1.42. The maximum absolute atomic E-state index is 3.68. The van der Waals surface area contributed by atoms with Crippen molar-refractivity contribution < 1.29 is 0 Å². The summed E-state index contributed by atoms with van der Waals surface area (Å²) in [6.45, 7) is 7.28. The van der Waals surface area contributed by atoms with E-state index in [-0.39, 0.29) is 0 Å². The average Bonchev–Trinajstić information content (AvgIpc) is 2.85. The topological polar surface area (TPSA) is 15.3 Å². The van der Waals surface area contributed by atoms with Gasteiger partial charge in [-0.15, -0.1) is 0 Å². The van der Waals surface area contributed by atoms with Gasteiger partial charge in [-0.05, 0) is 56.4 Å². The van der Waals surface area contributed by atoms with Gasteiger partial charge in [0.15, 0.2) is 0 Å². The monoisotopic (exact) mass is 308 g/mol. The smallest absolute Gasteiger partial charge is 0.0331 e. The molecule has 1 N–H and O–H groups in total. The van der Waals surface area contributed by atoms with Gasteiger partial charge in [0.1, 0.15) is 0 Å². The van der Waals surface area contributed by atoms with Gasteiger partial charge in [-0.1, -0.05) is 34.1 Å². The Balaban J connectivity index is 1.73. The molecule has 3 atom stereocenters. The number of hydrogen-bond donors (Lipinski definition) is 1. The van der Waals surface area contributed by atoms with Crippen LogP contribution in [0.3, 0.4) is 0 Å². The van der Waals surface area contributed by atoms with Crippen LogP contribution in [0.1, 0.15) is 24.9 Å². The molecule has 0 bridgehead atoms. The number of nitrogens with one attached hydrogen (secondary N) is 1. The molecule has 0 spiro atoms. The van der Waals surface area contributed by atoms with E-state index in [1.165, 1.54) is 42.6 Å². The van der Waals surface area contributed by atoms with E-state index in [1.807, 2.05) is 0 Å². The molecule has 0 amide bonds. The first-order valence-corrected chi connectivity index (χ1v) is 7.74. The lowest BCUT2D eigenvalue weighted by Crippen LogP contribution is -2.41. The lowest BCUT2D eigenvalue weighted by molar-refractivity contribution is 0.111. The molecule has 0 aliphatic carbocycles. The van der Waals surface area contributed by atoms with Crippen molar-refractivity contribution in [2.24, 2.45) is 11.8 Å². The van der Waals surface area contributed by atoms with Crippen LogP contribution < -0.4 is 5.32 Å². The molecule has 3 rings (SSSR count). The molecular weight excluding hydrogens is 288 g/mol. The van der Waals surface area contributed by atoms with Crippen LogP contribution in [0.4, 0.5) is 0 Å². The number of halogens is 1. The van der Waals surface area contributed by atoms with Crippen LogP contribution in [0.25, 0.3) is 0 Å². The standard InChI is InChI=1S/C15H21BrN2/c1-11(14-4-2-3-5-15(14)16)18-7-6-12-8-17-9-13(12)10-18/h2-5,11-13,17H,6-10H2,1H3. The van der Waals surface area contributed by atoms with Crippen molar-refractivity contribution in [2.75, 3.05) is 26.2 Å². The molecule has 2 nitrogen and oxygen atoms in total. The lowest BCUT2D eigenvalue weighted by Gasteiger charge is -2.38. The van der Waals surface area contributed by atoms with E-state index < -0.39 is 0 Å². The van der Waals surface area contributed by atoms with Gasteiger partial charge in [0.25, 0.3) is 0 Å². The number of fused-ring (bicyclic) bond motifs is 1. The van der Waals surface area contributed by atoms with Crippen LogP contribution in [-0.2, 0) is 0 Å². The predicted octanol–water partition coefficient (Wildman–Crippen LogP) is 3.05. The molecule has 2 aliphatic rings. The van der Waals surface area contributed by atoms with E-state index >= 15 is 0 Å². The molecule has 0 saturated carbocycles. The molecule has 0 radical (unpaired) electrons. The summed E-state index contributed by atoms with van der Waals surface area (Å²) in [4.78, 5) is 2.65. The second-order valence-electron chi connectivity index (χ2n) is 5.66. The summed E-state index contributed by atoms with van der Waals surface area (Å²) in [6.07, 6.45) is 1.35. The predicted molar refractivity (Wildman–Crippen MR) is 78.6 cm³/mol. The molecule has 18 heavy (non-hydrogen) atoms. The maximum atomic E-state index is 3.68. The fraction of sp³-hybridized carbons (Fsp3) is 0.600. The third-order valence-corrected chi connectivity index (χ3v) is 5.36. The highest BCUT2D eigenvalue weighted by Crippen LogP contribution is 2.33. The third kappa shape index (κ3) is 2.36. The molecule has 0 aromatic heterocycles. The van der Waals surface area contributed by atoms with E-state index in [2.05, 4.69) is 57.3 Å². The first kappa shape index (κ1) is 12.6. The van der Waals surface area contributed by atoms with Gasteiger partial charge in [0, 0.05) is 17.1 Å². The van der Waals surface area contributed by atoms with Crippen molar-refractivity contribution in [2.45, 2.75) is 19.4 Å². The quantitative estimate of drug-likeness (QED) is 0.903. The summed E-state index contributed by atoms with van der Waals surface area (Å²) in [5, 5.41) is 3.54. The van der Waals surface area contributed by atoms with Crippen LogP contribution in [0.2, 0.25) is 0 Å². The number of nitrogens with zero attached hydrogens (tertiary/aromatic N) is 1. The first-order valence-electron chi connectivity index (χ1n) is 6.95. The third-order valence-electron chi connectivity index (χ3n) is 4.64. The zero-order chi connectivity index (χ0) is 12.5. The zero-order valence-electron chi connectivity index (χ0n) is 10.9. The van der Waals surface area contributed by atoms with E-state index in [1.54, 1.807) is 0 Å². The Bertz CT molecular complexity index is 421. The van der Waals surface area contributed by atoms with Crippen LogP contribution >= 0.6 is 15.9 Å². The van der Waals surface area contributed by atoms with Crippen molar-refractivity contribution >= 4 is 15.9 Å². The maximum Gasteiger partial charge on any atom is 0.0331 e. The minimum atomic E-state index is 0.516. The molecule has 2 aliphatic heterocycles. The van der Waals surface area contributed by atoms with Crippen molar-refractivity contribution in [3.63, 3.8) is 0 Å². The molecule has 3 heteroatoms. The van der Waals surface area contributed by atoms with Crippen LogP contribution in [-0.4, -0.2) is 31.1 Å². The van der Waals surface area contributed by atoms with Gasteiger partial charge in [0.05, 0.1) is 0 Å². The van der Waals surface area contributed by atoms with E-state index in [9.17, 15) is 0 Å². The lowest BCUT2D eigenvalue weighted by atomic mass is 9.87. The summed E-state index contributed by atoms with van der Waals surface area (Å²) in [7, 11) is 0. The number of piperidine rings is 1. The Kier molecular flexibility index (Phi) is 3.73. The van der Waals surface area contributed by atoms with Gasteiger partial charge in [-0.25, -0.2) is 0 Å². The zero-order valence-corrected chi connectivity index (χ0v) is 12.5. The van der Waals surface area contributed by atoms with Crippen molar-refractivity contribution in [1.82, 2.24) is 10.2 Å². The van der Waals surface area contributed by atoms with Crippen LogP contribution in [0.5, 0.6) is 0 Å². The van der Waals surface area contributed by atoms with Gasteiger partial charge >= 0.3 is 0 Å². The number of benzene rings is 1. The van der Waals surface area contributed by atoms with E-state index in [0.717, 1.165) is 11.8 Å². The highest BCUT2D eigenvalue weighted by molar-refractivity contribution is 9.10. The fourth-order valence-electron chi connectivity index (χ4n) is 3.43. The molecule has 1 aromatic carbocycles. The van der Waals surface area contributed by atoms with Gasteiger partial charge in [0.2, 0.25) is 0 Å². The summed E-state index contributed by atoms with van der Waals surface area (Å²) in [5.74, 6) is 1.79. The molecule has 98 valence electrons. The number of rotatable bonds is 2. The molecular formula is C15H21BrN2. The number of likely N-dealkylation sites (tertiary alicyclic amines) is 1. The Labute approximate surface area is 118 Å². The fourth-order valence-corrected chi connectivity index (χ4v) is 4.04. The summed E-state index contributed by atoms with van der Waals surface area (Å²) >= 11 is 3.68.